The number of hydrogen-bond acceptors (Lipinski definition) is 3. The Balaban J connectivity index is 1.32. The Morgan fingerprint density at radius 2 is 1.82 bits per heavy atom. The predicted octanol–water partition coefficient (Wildman–Crippen LogP) is 2.21. The summed E-state index contributed by atoms with van der Waals surface area (Å²) in [5, 5.41) is 5.34. The van der Waals surface area contributed by atoms with Crippen molar-refractivity contribution in [3.8, 4) is 0 Å². The van der Waals surface area contributed by atoms with E-state index in [2.05, 4.69) is 10.6 Å². The zero-order valence-electron chi connectivity index (χ0n) is 15.7. The Labute approximate surface area is 163 Å². The van der Waals surface area contributed by atoms with Crippen LogP contribution in [-0.4, -0.2) is 30.8 Å². The van der Waals surface area contributed by atoms with Crippen molar-refractivity contribution in [3.63, 3.8) is 0 Å². The molecule has 3 amide bonds. The fraction of sp³-hybridized carbons (Fsp3) is 0.318. The maximum Gasteiger partial charge on any atom is 0.313 e. The molecule has 0 fully saturated rings. The van der Waals surface area contributed by atoms with Gasteiger partial charge in [0.05, 0.1) is 12.1 Å². The van der Waals surface area contributed by atoms with Crippen LogP contribution in [0.3, 0.4) is 0 Å². The van der Waals surface area contributed by atoms with Gasteiger partial charge in [0, 0.05) is 18.8 Å². The molecule has 6 nitrogen and oxygen atoms in total. The normalized spacial score (nSPS) is 14.6. The fourth-order valence-corrected chi connectivity index (χ4v) is 3.96. The molecule has 144 valence electrons. The summed E-state index contributed by atoms with van der Waals surface area (Å²) in [5.74, 6) is -1.21. The summed E-state index contributed by atoms with van der Waals surface area (Å²) in [5.41, 5.74) is 4.78. The van der Waals surface area contributed by atoms with E-state index in [4.69, 9.17) is 0 Å². The molecule has 0 bridgehead atoms. The van der Waals surface area contributed by atoms with Crippen LogP contribution in [0.25, 0.3) is 0 Å². The number of aryl methyl sites for hydroxylation is 2. The van der Waals surface area contributed by atoms with Gasteiger partial charge in [-0.05, 0) is 54.5 Å². The van der Waals surface area contributed by atoms with E-state index in [0.29, 0.717) is 18.7 Å². The lowest BCUT2D eigenvalue weighted by atomic mass is 9.99. The first-order valence-corrected chi connectivity index (χ1v) is 9.71. The summed E-state index contributed by atoms with van der Waals surface area (Å²) in [6.45, 7) is 1.20. The Morgan fingerprint density at radius 1 is 1.04 bits per heavy atom. The first-order chi connectivity index (χ1) is 13.6. The van der Waals surface area contributed by atoms with Gasteiger partial charge in [0.2, 0.25) is 5.91 Å². The molecule has 0 unspecified atom stereocenters. The van der Waals surface area contributed by atoms with Gasteiger partial charge in [0.15, 0.2) is 0 Å². The minimum Gasteiger partial charge on any atom is -0.348 e. The summed E-state index contributed by atoms with van der Waals surface area (Å²) >= 11 is 0. The largest absolute Gasteiger partial charge is 0.348 e. The molecule has 0 spiro atoms. The Morgan fingerprint density at radius 3 is 2.64 bits per heavy atom. The zero-order valence-corrected chi connectivity index (χ0v) is 15.7. The average molecular weight is 377 g/mol. The van der Waals surface area contributed by atoms with Crippen molar-refractivity contribution in [1.29, 1.82) is 0 Å². The summed E-state index contributed by atoms with van der Waals surface area (Å²) in [6.07, 6.45) is 3.77. The molecule has 0 aromatic heterocycles. The molecule has 2 aliphatic heterocycles. The number of hydrogen-bond donors (Lipinski definition) is 2. The number of anilines is 2. The van der Waals surface area contributed by atoms with Crippen LogP contribution in [0.4, 0.5) is 11.4 Å². The molecule has 2 N–H and O–H groups in total. The number of carbonyl (C=O) groups is 3. The standard InChI is InChI=1S/C22H23N3O3/c26-19-14-17-13-18(12-16-9-5-11-25(19)20(16)17)24-22(28)21(27)23-10-4-8-15-6-2-1-3-7-15/h1-3,6-7,12-13H,4-5,8-11,14H2,(H,23,27)(H,24,28). The summed E-state index contributed by atoms with van der Waals surface area (Å²) in [7, 11) is 0. The number of amides is 3. The fourth-order valence-electron chi connectivity index (χ4n) is 3.96. The van der Waals surface area contributed by atoms with Crippen LogP contribution < -0.4 is 15.5 Å². The molecule has 4 rings (SSSR count). The molecule has 28 heavy (non-hydrogen) atoms. The highest BCUT2D eigenvalue weighted by atomic mass is 16.2. The minimum absolute atomic E-state index is 0.107. The van der Waals surface area contributed by atoms with Gasteiger partial charge in [0.1, 0.15) is 0 Å². The third kappa shape index (κ3) is 3.76. The van der Waals surface area contributed by atoms with E-state index in [1.807, 2.05) is 47.4 Å². The van der Waals surface area contributed by atoms with E-state index >= 15 is 0 Å². The lowest BCUT2D eigenvalue weighted by Crippen LogP contribution is -2.36. The van der Waals surface area contributed by atoms with Crippen LogP contribution in [0.5, 0.6) is 0 Å². The number of nitrogens with zero attached hydrogens (tertiary/aromatic N) is 1. The van der Waals surface area contributed by atoms with Crippen molar-refractivity contribution in [2.24, 2.45) is 0 Å². The SMILES string of the molecule is O=C(NCCCc1ccccc1)C(=O)Nc1cc2c3c(c1)CC(=O)N3CCC2. The Hall–Kier alpha value is -3.15. The van der Waals surface area contributed by atoms with Crippen molar-refractivity contribution in [3.05, 3.63) is 59.2 Å². The van der Waals surface area contributed by atoms with E-state index in [1.165, 1.54) is 5.56 Å². The first-order valence-electron chi connectivity index (χ1n) is 9.71. The highest BCUT2D eigenvalue weighted by molar-refractivity contribution is 6.39. The van der Waals surface area contributed by atoms with Gasteiger partial charge >= 0.3 is 11.8 Å². The number of nitrogens with one attached hydrogen (secondary N) is 2. The first kappa shape index (κ1) is 18.2. The summed E-state index contributed by atoms with van der Waals surface area (Å²) in [4.78, 5) is 38.2. The quantitative estimate of drug-likeness (QED) is 0.619. The second kappa shape index (κ2) is 7.84. The summed E-state index contributed by atoms with van der Waals surface area (Å²) < 4.78 is 0. The number of rotatable bonds is 5. The molecule has 0 saturated heterocycles. The van der Waals surface area contributed by atoms with Crippen LogP contribution in [0.15, 0.2) is 42.5 Å². The molecule has 0 saturated carbocycles. The Bertz CT molecular complexity index is 924. The van der Waals surface area contributed by atoms with Crippen LogP contribution in [-0.2, 0) is 33.6 Å². The molecule has 2 aliphatic rings. The zero-order chi connectivity index (χ0) is 19.5. The van der Waals surface area contributed by atoms with Crippen LogP contribution in [0.2, 0.25) is 0 Å². The van der Waals surface area contributed by atoms with Crippen LogP contribution in [0, 0.1) is 0 Å². The van der Waals surface area contributed by atoms with Gasteiger partial charge in [-0.3, -0.25) is 14.4 Å². The third-order valence-corrected chi connectivity index (χ3v) is 5.24. The second-order valence-electron chi connectivity index (χ2n) is 7.27. The van der Waals surface area contributed by atoms with Crippen molar-refractivity contribution >= 4 is 29.1 Å². The van der Waals surface area contributed by atoms with Crippen LogP contribution >= 0.6 is 0 Å². The molecule has 0 aliphatic carbocycles. The molecule has 2 aromatic rings. The van der Waals surface area contributed by atoms with Gasteiger partial charge < -0.3 is 15.5 Å². The minimum atomic E-state index is -0.677. The van der Waals surface area contributed by atoms with Crippen LogP contribution in [0.1, 0.15) is 29.5 Å². The maximum absolute atomic E-state index is 12.2. The molecule has 0 radical (unpaired) electrons. The van der Waals surface area contributed by atoms with E-state index in [9.17, 15) is 14.4 Å². The monoisotopic (exact) mass is 377 g/mol. The smallest absolute Gasteiger partial charge is 0.313 e. The average Bonchev–Trinajstić information content (AvgIpc) is 3.03. The maximum atomic E-state index is 12.2. The van der Waals surface area contributed by atoms with Gasteiger partial charge in [-0.1, -0.05) is 30.3 Å². The number of benzene rings is 2. The van der Waals surface area contributed by atoms with Gasteiger partial charge in [0.25, 0.3) is 0 Å². The van der Waals surface area contributed by atoms with Gasteiger partial charge in [-0.25, -0.2) is 0 Å². The molecule has 0 atom stereocenters. The predicted molar refractivity (Wildman–Crippen MR) is 107 cm³/mol. The third-order valence-electron chi connectivity index (χ3n) is 5.24. The lowest BCUT2D eigenvalue weighted by molar-refractivity contribution is -0.136. The second-order valence-corrected chi connectivity index (χ2v) is 7.27. The van der Waals surface area contributed by atoms with Crippen molar-refractivity contribution < 1.29 is 14.4 Å². The van der Waals surface area contributed by atoms with Crippen molar-refractivity contribution in [2.75, 3.05) is 23.3 Å². The van der Waals surface area contributed by atoms with Crippen molar-refractivity contribution in [2.45, 2.75) is 32.1 Å². The Kier molecular flexibility index (Phi) is 5.10. The van der Waals surface area contributed by atoms with Crippen molar-refractivity contribution in [1.82, 2.24) is 5.32 Å². The lowest BCUT2D eigenvalue weighted by Gasteiger charge is -2.26. The molecule has 6 heteroatoms. The number of carbonyl (C=O) groups excluding carboxylic acids is 3. The van der Waals surface area contributed by atoms with Gasteiger partial charge in [-0.15, -0.1) is 0 Å². The summed E-state index contributed by atoms with van der Waals surface area (Å²) in [6, 6.07) is 13.7. The van der Waals surface area contributed by atoms with Gasteiger partial charge in [-0.2, -0.15) is 0 Å². The molecular weight excluding hydrogens is 354 g/mol. The topological polar surface area (TPSA) is 78.5 Å². The highest BCUT2D eigenvalue weighted by Crippen LogP contribution is 2.38. The highest BCUT2D eigenvalue weighted by Gasteiger charge is 2.32. The molecule has 2 heterocycles. The molecular formula is C22H23N3O3. The van der Waals surface area contributed by atoms with E-state index < -0.39 is 11.8 Å². The van der Waals surface area contributed by atoms with E-state index in [-0.39, 0.29) is 5.91 Å². The van der Waals surface area contributed by atoms with E-state index in [1.54, 1.807) is 0 Å². The van der Waals surface area contributed by atoms with E-state index in [0.717, 1.165) is 49.0 Å². The molecule has 2 aromatic carbocycles.